The van der Waals surface area contributed by atoms with Gasteiger partial charge in [0.2, 0.25) is 10.0 Å². The van der Waals surface area contributed by atoms with Gasteiger partial charge in [0.25, 0.3) is 0 Å². The molecule has 2 heterocycles. The SMILES string of the molecule is COc1cc(S(=O)(=O)N(C)C)ccc1-c1cn2c(=O)[nH]ncc2n1. The van der Waals surface area contributed by atoms with Gasteiger partial charge in [-0.3, -0.25) is 0 Å². The molecule has 2 aromatic heterocycles. The first-order valence-electron chi connectivity index (χ1n) is 6.88. The van der Waals surface area contributed by atoms with Crippen molar-refractivity contribution in [3.8, 4) is 17.0 Å². The van der Waals surface area contributed by atoms with Gasteiger partial charge >= 0.3 is 5.69 Å². The normalized spacial score (nSPS) is 12.0. The van der Waals surface area contributed by atoms with Crippen LogP contribution in [0.15, 0.2) is 40.3 Å². The minimum absolute atomic E-state index is 0.108. The van der Waals surface area contributed by atoms with Gasteiger partial charge in [-0.05, 0) is 12.1 Å². The Morgan fingerprint density at radius 3 is 2.67 bits per heavy atom. The third kappa shape index (κ3) is 2.55. The second kappa shape index (κ2) is 5.73. The van der Waals surface area contributed by atoms with Crippen molar-refractivity contribution in [1.29, 1.82) is 0 Å². The Labute approximate surface area is 137 Å². The maximum Gasteiger partial charge on any atom is 0.347 e. The fraction of sp³-hybridized carbons (Fsp3) is 0.214. The van der Waals surface area contributed by atoms with Gasteiger partial charge in [0.1, 0.15) is 5.75 Å². The summed E-state index contributed by atoms with van der Waals surface area (Å²) in [7, 11) is 0.773. The zero-order chi connectivity index (χ0) is 17.5. The van der Waals surface area contributed by atoms with E-state index in [1.165, 1.54) is 50.1 Å². The maximum atomic E-state index is 12.2. The van der Waals surface area contributed by atoms with Gasteiger partial charge in [-0.1, -0.05) is 0 Å². The zero-order valence-corrected chi connectivity index (χ0v) is 14.0. The summed E-state index contributed by atoms with van der Waals surface area (Å²) in [6.45, 7) is 0. The summed E-state index contributed by atoms with van der Waals surface area (Å²) >= 11 is 0. The number of nitrogens with zero attached hydrogens (tertiary/aromatic N) is 4. The monoisotopic (exact) mass is 349 g/mol. The van der Waals surface area contributed by atoms with Crippen LogP contribution in [0.2, 0.25) is 0 Å². The summed E-state index contributed by atoms with van der Waals surface area (Å²) in [5, 5.41) is 6.00. The molecule has 3 rings (SSSR count). The number of nitrogens with one attached hydrogen (secondary N) is 1. The minimum Gasteiger partial charge on any atom is -0.496 e. The van der Waals surface area contributed by atoms with Crippen LogP contribution in [0.5, 0.6) is 5.75 Å². The number of ether oxygens (including phenoxy) is 1. The summed E-state index contributed by atoms with van der Waals surface area (Å²) in [5.74, 6) is 0.339. The standard InChI is InChI=1S/C14H15N5O4S/c1-18(2)24(21,22)9-4-5-10(12(6-9)23-3)11-8-19-13(16-11)7-15-17-14(19)20/h4-8H,1-3H3,(H,17,20). The Kier molecular flexibility index (Phi) is 3.85. The number of fused-ring (bicyclic) bond motifs is 1. The molecule has 3 aromatic rings. The summed E-state index contributed by atoms with van der Waals surface area (Å²) < 4.78 is 32.2. The number of H-pyrrole nitrogens is 1. The van der Waals surface area contributed by atoms with Gasteiger partial charge in [-0.25, -0.2) is 32.0 Å². The van der Waals surface area contributed by atoms with E-state index in [1.807, 2.05) is 0 Å². The van der Waals surface area contributed by atoms with Crippen LogP contribution in [0.25, 0.3) is 16.9 Å². The average molecular weight is 349 g/mol. The molecule has 0 spiro atoms. The number of imidazole rings is 1. The Morgan fingerprint density at radius 2 is 2.04 bits per heavy atom. The topological polar surface area (TPSA) is 110 Å². The molecule has 10 heteroatoms. The van der Waals surface area contributed by atoms with E-state index >= 15 is 0 Å². The number of hydrogen-bond donors (Lipinski definition) is 1. The molecule has 0 amide bonds. The molecule has 0 aliphatic heterocycles. The molecule has 0 unspecified atom stereocenters. The Bertz CT molecular complexity index is 1070. The molecule has 1 aromatic carbocycles. The van der Waals surface area contributed by atoms with Crippen molar-refractivity contribution in [3.05, 3.63) is 41.1 Å². The van der Waals surface area contributed by atoms with Gasteiger partial charge in [0, 0.05) is 31.9 Å². The lowest BCUT2D eigenvalue weighted by atomic mass is 10.1. The molecule has 0 bridgehead atoms. The van der Waals surface area contributed by atoms with Crippen LogP contribution in [0.1, 0.15) is 0 Å². The van der Waals surface area contributed by atoms with Crippen molar-refractivity contribution in [3.63, 3.8) is 0 Å². The second-order valence-corrected chi connectivity index (χ2v) is 7.33. The fourth-order valence-electron chi connectivity index (χ4n) is 2.23. The average Bonchev–Trinajstić information content (AvgIpc) is 2.99. The van der Waals surface area contributed by atoms with Gasteiger partial charge < -0.3 is 4.74 Å². The highest BCUT2D eigenvalue weighted by Gasteiger charge is 2.20. The van der Waals surface area contributed by atoms with Crippen LogP contribution in [-0.2, 0) is 10.0 Å². The Hall–Kier alpha value is -2.72. The van der Waals surface area contributed by atoms with Crippen LogP contribution < -0.4 is 10.4 Å². The van der Waals surface area contributed by atoms with Gasteiger partial charge in [0.15, 0.2) is 5.65 Å². The van der Waals surface area contributed by atoms with Gasteiger partial charge in [0.05, 0.1) is 23.9 Å². The van der Waals surface area contributed by atoms with Gasteiger partial charge in [-0.2, -0.15) is 5.10 Å². The number of rotatable bonds is 4. The molecule has 0 fully saturated rings. The van der Waals surface area contributed by atoms with Crippen molar-refractivity contribution in [2.75, 3.05) is 21.2 Å². The Balaban J connectivity index is 2.17. The van der Waals surface area contributed by atoms with Crippen molar-refractivity contribution < 1.29 is 13.2 Å². The van der Waals surface area contributed by atoms with E-state index in [0.717, 1.165) is 4.31 Å². The predicted octanol–water partition coefficient (Wildman–Crippen LogP) is 0.343. The first kappa shape index (κ1) is 16.1. The molecule has 0 saturated carbocycles. The highest BCUT2D eigenvalue weighted by Crippen LogP contribution is 2.32. The summed E-state index contributed by atoms with van der Waals surface area (Å²) in [6.07, 6.45) is 2.95. The Morgan fingerprint density at radius 1 is 1.29 bits per heavy atom. The highest BCUT2D eigenvalue weighted by molar-refractivity contribution is 7.89. The van der Waals surface area contributed by atoms with E-state index in [-0.39, 0.29) is 4.90 Å². The molecular formula is C14H15N5O4S. The minimum atomic E-state index is -3.58. The van der Waals surface area contributed by atoms with E-state index in [1.54, 1.807) is 6.07 Å². The van der Waals surface area contributed by atoms with Crippen LogP contribution in [0.3, 0.4) is 0 Å². The number of aromatic amines is 1. The van der Waals surface area contributed by atoms with E-state index < -0.39 is 15.7 Å². The molecule has 126 valence electrons. The summed E-state index contributed by atoms with van der Waals surface area (Å²) in [4.78, 5) is 16.2. The summed E-state index contributed by atoms with van der Waals surface area (Å²) in [5.41, 5.74) is 0.996. The van der Waals surface area contributed by atoms with Crippen molar-refractivity contribution in [2.24, 2.45) is 0 Å². The molecule has 24 heavy (non-hydrogen) atoms. The lowest BCUT2D eigenvalue weighted by Gasteiger charge is -2.13. The first-order valence-corrected chi connectivity index (χ1v) is 8.32. The molecule has 0 aliphatic rings. The molecule has 0 radical (unpaired) electrons. The van der Waals surface area contributed by atoms with E-state index in [0.29, 0.717) is 22.7 Å². The van der Waals surface area contributed by atoms with Crippen LogP contribution in [0, 0.1) is 0 Å². The number of methoxy groups -OCH3 is 1. The third-order valence-corrected chi connectivity index (χ3v) is 5.33. The highest BCUT2D eigenvalue weighted by atomic mass is 32.2. The van der Waals surface area contributed by atoms with E-state index in [2.05, 4.69) is 15.2 Å². The van der Waals surface area contributed by atoms with E-state index in [4.69, 9.17) is 4.74 Å². The summed E-state index contributed by atoms with van der Waals surface area (Å²) in [6, 6.07) is 4.50. The number of benzene rings is 1. The molecular weight excluding hydrogens is 334 g/mol. The molecule has 0 saturated heterocycles. The largest absolute Gasteiger partial charge is 0.496 e. The number of hydrogen-bond acceptors (Lipinski definition) is 6. The van der Waals surface area contributed by atoms with E-state index in [9.17, 15) is 13.2 Å². The fourth-order valence-corrected chi connectivity index (χ4v) is 3.15. The van der Waals surface area contributed by atoms with Crippen LogP contribution in [-0.4, -0.2) is 53.5 Å². The quantitative estimate of drug-likeness (QED) is 0.727. The lowest BCUT2D eigenvalue weighted by Crippen LogP contribution is -2.22. The molecule has 9 nitrogen and oxygen atoms in total. The molecule has 0 atom stereocenters. The van der Waals surface area contributed by atoms with Crippen molar-refractivity contribution >= 4 is 15.7 Å². The van der Waals surface area contributed by atoms with Crippen LogP contribution in [0.4, 0.5) is 0 Å². The second-order valence-electron chi connectivity index (χ2n) is 5.18. The zero-order valence-electron chi connectivity index (χ0n) is 13.2. The first-order chi connectivity index (χ1) is 11.3. The molecule has 0 aliphatic carbocycles. The number of aromatic nitrogens is 4. The number of sulfonamides is 1. The predicted molar refractivity (Wildman–Crippen MR) is 86.5 cm³/mol. The van der Waals surface area contributed by atoms with Crippen molar-refractivity contribution in [2.45, 2.75) is 4.90 Å². The van der Waals surface area contributed by atoms with Crippen LogP contribution >= 0.6 is 0 Å². The lowest BCUT2D eigenvalue weighted by molar-refractivity contribution is 0.414. The maximum absolute atomic E-state index is 12.2. The van der Waals surface area contributed by atoms with Gasteiger partial charge in [-0.15, -0.1) is 0 Å². The third-order valence-electron chi connectivity index (χ3n) is 3.52. The van der Waals surface area contributed by atoms with Crippen molar-refractivity contribution in [1.82, 2.24) is 23.9 Å². The molecule has 1 N–H and O–H groups in total. The smallest absolute Gasteiger partial charge is 0.347 e.